The fourth-order valence-electron chi connectivity index (χ4n) is 2.84. The second kappa shape index (κ2) is 5.25. The molecule has 4 heteroatoms. The highest BCUT2D eigenvalue weighted by molar-refractivity contribution is 4.90. The molecule has 3 atom stereocenters. The molecule has 4 nitrogen and oxygen atoms in total. The van der Waals surface area contributed by atoms with E-state index in [9.17, 15) is 5.11 Å². The van der Waals surface area contributed by atoms with E-state index in [-0.39, 0.29) is 6.10 Å². The Morgan fingerprint density at radius 2 is 2.20 bits per heavy atom. The molecule has 0 aromatic rings. The van der Waals surface area contributed by atoms with E-state index in [0.717, 1.165) is 32.6 Å². The molecule has 2 aliphatic heterocycles. The number of rotatable bonds is 3. The minimum atomic E-state index is -0.210. The lowest BCUT2D eigenvalue weighted by molar-refractivity contribution is 0.0485. The van der Waals surface area contributed by atoms with Crippen LogP contribution in [0.15, 0.2) is 0 Å². The monoisotopic (exact) mass is 214 g/mol. The van der Waals surface area contributed by atoms with Crippen molar-refractivity contribution >= 4 is 0 Å². The average Bonchev–Trinajstić information content (AvgIpc) is 2.65. The SMILES string of the molecule is OCCC1CCCN(C2CNCC2O)C1. The molecule has 3 N–H and O–H groups in total. The molecule has 0 amide bonds. The maximum Gasteiger partial charge on any atom is 0.0831 e. The van der Waals surface area contributed by atoms with Crippen LogP contribution < -0.4 is 5.32 Å². The molecular weight excluding hydrogens is 192 g/mol. The topological polar surface area (TPSA) is 55.7 Å². The van der Waals surface area contributed by atoms with E-state index in [4.69, 9.17) is 5.11 Å². The summed E-state index contributed by atoms with van der Waals surface area (Å²) in [5, 5.41) is 22.0. The van der Waals surface area contributed by atoms with Crippen molar-refractivity contribution in [2.75, 3.05) is 32.8 Å². The summed E-state index contributed by atoms with van der Waals surface area (Å²) in [6.45, 7) is 4.08. The number of nitrogens with zero attached hydrogens (tertiary/aromatic N) is 1. The van der Waals surface area contributed by atoms with Crippen LogP contribution in [0, 0.1) is 5.92 Å². The van der Waals surface area contributed by atoms with E-state index in [1.54, 1.807) is 0 Å². The van der Waals surface area contributed by atoms with Crippen molar-refractivity contribution in [2.24, 2.45) is 5.92 Å². The highest BCUT2D eigenvalue weighted by Crippen LogP contribution is 2.22. The van der Waals surface area contributed by atoms with E-state index in [1.807, 2.05) is 0 Å². The number of β-amino-alcohol motifs (C(OH)–C–C–N with tert-alkyl or cyclic N) is 1. The van der Waals surface area contributed by atoms with Gasteiger partial charge in [-0.15, -0.1) is 0 Å². The Bertz CT molecular complexity index is 199. The molecule has 0 bridgehead atoms. The van der Waals surface area contributed by atoms with Gasteiger partial charge in [-0.25, -0.2) is 0 Å². The summed E-state index contributed by atoms with van der Waals surface area (Å²) < 4.78 is 0. The summed E-state index contributed by atoms with van der Waals surface area (Å²) >= 11 is 0. The zero-order valence-corrected chi connectivity index (χ0v) is 9.23. The lowest BCUT2D eigenvalue weighted by Gasteiger charge is -2.37. The number of aliphatic hydroxyl groups is 2. The minimum absolute atomic E-state index is 0.210. The lowest BCUT2D eigenvalue weighted by Crippen LogP contribution is -2.48. The number of aliphatic hydroxyl groups excluding tert-OH is 2. The molecule has 0 radical (unpaired) electrons. The van der Waals surface area contributed by atoms with Gasteiger partial charge in [0.1, 0.15) is 0 Å². The molecule has 2 fully saturated rings. The standard InChI is InChI=1S/C11H22N2O2/c14-5-3-9-2-1-4-13(8-9)10-6-12-7-11(10)15/h9-12,14-15H,1-8H2. The quantitative estimate of drug-likeness (QED) is 0.588. The van der Waals surface area contributed by atoms with Gasteiger partial charge in [0.15, 0.2) is 0 Å². The second-order valence-electron chi connectivity index (χ2n) is 4.81. The summed E-state index contributed by atoms with van der Waals surface area (Å²) in [6.07, 6.45) is 3.13. The Hall–Kier alpha value is -0.160. The van der Waals surface area contributed by atoms with Gasteiger partial charge >= 0.3 is 0 Å². The van der Waals surface area contributed by atoms with Gasteiger partial charge in [0.25, 0.3) is 0 Å². The smallest absolute Gasteiger partial charge is 0.0831 e. The third-order valence-corrected chi connectivity index (χ3v) is 3.71. The van der Waals surface area contributed by atoms with Gasteiger partial charge in [0.2, 0.25) is 0 Å². The van der Waals surface area contributed by atoms with Crippen LogP contribution in [0.25, 0.3) is 0 Å². The van der Waals surface area contributed by atoms with Gasteiger partial charge < -0.3 is 15.5 Å². The highest BCUT2D eigenvalue weighted by Gasteiger charge is 2.33. The number of likely N-dealkylation sites (tertiary alicyclic amines) is 1. The van der Waals surface area contributed by atoms with Crippen molar-refractivity contribution in [2.45, 2.75) is 31.4 Å². The van der Waals surface area contributed by atoms with E-state index in [0.29, 0.717) is 18.6 Å². The lowest BCUT2D eigenvalue weighted by atomic mass is 9.93. The molecular formula is C11H22N2O2. The van der Waals surface area contributed by atoms with Gasteiger partial charge in [-0.2, -0.15) is 0 Å². The summed E-state index contributed by atoms with van der Waals surface area (Å²) in [4.78, 5) is 2.40. The largest absolute Gasteiger partial charge is 0.396 e. The summed E-state index contributed by atoms with van der Waals surface area (Å²) in [5.41, 5.74) is 0. The number of nitrogens with one attached hydrogen (secondary N) is 1. The second-order valence-corrected chi connectivity index (χ2v) is 4.81. The first kappa shape index (κ1) is 11.3. The molecule has 88 valence electrons. The van der Waals surface area contributed by atoms with Gasteiger partial charge in [-0.1, -0.05) is 0 Å². The maximum atomic E-state index is 9.80. The van der Waals surface area contributed by atoms with Gasteiger partial charge in [0, 0.05) is 32.3 Å². The van der Waals surface area contributed by atoms with Crippen molar-refractivity contribution < 1.29 is 10.2 Å². The zero-order valence-electron chi connectivity index (χ0n) is 9.23. The van der Waals surface area contributed by atoms with Crippen molar-refractivity contribution in [1.29, 1.82) is 0 Å². The first-order valence-electron chi connectivity index (χ1n) is 6.05. The minimum Gasteiger partial charge on any atom is -0.396 e. The Balaban J connectivity index is 1.86. The van der Waals surface area contributed by atoms with Gasteiger partial charge in [-0.05, 0) is 31.7 Å². The Kier molecular flexibility index (Phi) is 3.97. The molecule has 0 aromatic carbocycles. The fourth-order valence-corrected chi connectivity index (χ4v) is 2.84. The van der Waals surface area contributed by atoms with Crippen LogP contribution in [0.3, 0.4) is 0 Å². The van der Waals surface area contributed by atoms with Crippen molar-refractivity contribution in [1.82, 2.24) is 10.2 Å². The van der Waals surface area contributed by atoms with Gasteiger partial charge in [-0.3, -0.25) is 4.90 Å². The predicted octanol–water partition coefficient (Wildman–Crippen LogP) is -0.586. The van der Waals surface area contributed by atoms with E-state index >= 15 is 0 Å². The average molecular weight is 214 g/mol. The van der Waals surface area contributed by atoms with E-state index in [2.05, 4.69) is 10.2 Å². The van der Waals surface area contributed by atoms with Crippen LogP contribution in [-0.2, 0) is 0 Å². The highest BCUT2D eigenvalue weighted by atomic mass is 16.3. The van der Waals surface area contributed by atoms with Crippen LogP contribution in [0.1, 0.15) is 19.3 Å². The van der Waals surface area contributed by atoms with Crippen LogP contribution >= 0.6 is 0 Å². The zero-order chi connectivity index (χ0) is 10.7. The Morgan fingerprint density at radius 1 is 1.33 bits per heavy atom. The molecule has 0 aromatic heterocycles. The summed E-state index contributed by atoms with van der Waals surface area (Å²) in [7, 11) is 0. The molecule has 3 unspecified atom stereocenters. The Labute approximate surface area is 91.3 Å². The van der Waals surface area contributed by atoms with Crippen molar-refractivity contribution in [3.8, 4) is 0 Å². The summed E-state index contributed by atoms with van der Waals surface area (Å²) in [5.74, 6) is 0.622. The first-order chi connectivity index (χ1) is 7.31. The number of piperidine rings is 1. The number of hydrogen-bond donors (Lipinski definition) is 3. The molecule has 2 heterocycles. The predicted molar refractivity (Wildman–Crippen MR) is 58.7 cm³/mol. The van der Waals surface area contributed by atoms with Crippen molar-refractivity contribution in [3.05, 3.63) is 0 Å². The van der Waals surface area contributed by atoms with Crippen LogP contribution in [-0.4, -0.2) is 60.0 Å². The molecule has 0 spiro atoms. The molecule has 2 saturated heterocycles. The molecule has 0 saturated carbocycles. The van der Waals surface area contributed by atoms with Crippen LogP contribution in [0.2, 0.25) is 0 Å². The third-order valence-electron chi connectivity index (χ3n) is 3.71. The molecule has 2 aliphatic rings. The third kappa shape index (κ3) is 2.69. The first-order valence-corrected chi connectivity index (χ1v) is 6.05. The normalized spacial score (nSPS) is 38.4. The van der Waals surface area contributed by atoms with Crippen LogP contribution in [0.5, 0.6) is 0 Å². The number of hydrogen-bond acceptors (Lipinski definition) is 4. The molecule has 0 aliphatic carbocycles. The molecule has 15 heavy (non-hydrogen) atoms. The Morgan fingerprint density at radius 3 is 2.87 bits per heavy atom. The van der Waals surface area contributed by atoms with Gasteiger partial charge in [0.05, 0.1) is 6.10 Å². The molecule has 2 rings (SSSR count). The fraction of sp³-hybridized carbons (Fsp3) is 1.00. The maximum absolute atomic E-state index is 9.80. The van der Waals surface area contributed by atoms with Crippen LogP contribution in [0.4, 0.5) is 0 Å². The summed E-state index contributed by atoms with van der Waals surface area (Å²) in [6, 6.07) is 0.298. The van der Waals surface area contributed by atoms with E-state index < -0.39 is 0 Å². The van der Waals surface area contributed by atoms with Crippen molar-refractivity contribution in [3.63, 3.8) is 0 Å². The van der Waals surface area contributed by atoms with E-state index in [1.165, 1.54) is 12.8 Å².